The Morgan fingerprint density at radius 2 is 2.13 bits per heavy atom. The van der Waals surface area contributed by atoms with Crippen LogP contribution in [0.5, 0.6) is 0 Å². The normalized spacial score (nSPS) is 16.9. The van der Waals surface area contributed by atoms with Crippen molar-refractivity contribution in [3.05, 3.63) is 41.5 Å². The Hall–Kier alpha value is -1.32. The van der Waals surface area contributed by atoms with Crippen molar-refractivity contribution in [3.8, 4) is 0 Å². The summed E-state index contributed by atoms with van der Waals surface area (Å²) in [5, 5.41) is 3.08. The molecule has 1 aromatic rings. The number of rotatable bonds is 3. The second-order valence-electron chi connectivity index (χ2n) is 3.31. The van der Waals surface area contributed by atoms with E-state index in [9.17, 15) is 4.79 Å². The first-order chi connectivity index (χ1) is 6.77. The van der Waals surface area contributed by atoms with Gasteiger partial charge in [-0.15, -0.1) is 12.4 Å². The molecule has 1 aromatic carbocycles. The molecule has 0 saturated heterocycles. The highest BCUT2D eigenvalue weighted by atomic mass is 35.5. The van der Waals surface area contributed by atoms with Crippen molar-refractivity contribution in [2.45, 2.75) is 6.04 Å². The number of fused-ring (bicyclic) bond motifs is 1. The molecule has 2 rings (SSSR count). The Labute approximate surface area is 94.8 Å². The van der Waals surface area contributed by atoms with E-state index in [2.05, 4.69) is 11.4 Å². The van der Waals surface area contributed by atoms with Gasteiger partial charge >= 0.3 is 0 Å². The molecule has 80 valence electrons. The minimum atomic E-state index is -0.331. The van der Waals surface area contributed by atoms with E-state index in [-0.39, 0.29) is 30.9 Å². The Morgan fingerprint density at radius 3 is 2.87 bits per heavy atom. The highest BCUT2D eigenvalue weighted by Crippen LogP contribution is 2.27. The van der Waals surface area contributed by atoms with Gasteiger partial charge < -0.3 is 5.73 Å². The van der Waals surface area contributed by atoms with E-state index in [1.807, 2.05) is 30.4 Å². The highest BCUT2D eigenvalue weighted by Gasteiger charge is 2.15. The first-order valence-electron chi connectivity index (χ1n) is 4.56. The monoisotopic (exact) mass is 224 g/mol. The molecule has 1 aliphatic rings. The fraction of sp³-hybridized carbons (Fsp3) is 0.182. The molecule has 4 heteroatoms. The average molecular weight is 225 g/mol. The van der Waals surface area contributed by atoms with E-state index in [1.54, 1.807) is 0 Å². The molecule has 0 fully saturated rings. The average Bonchev–Trinajstić information content (AvgIpc) is 2.58. The van der Waals surface area contributed by atoms with Crippen LogP contribution in [-0.2, 0) is 4.79 Å². The predicted molar refractivity (Wildman–Crippen MR) is 62.7 cm³/mol. The first kappa shape index (κ1) is 11.8. The summed E-state index contributed by atoms with van der Waals surface area (Å²) < 4.78 is 0. The summed E-state index contributed by atoms with van der Waals surface area (Å²) in [6, 6.07) is 8.22. The van der Waals surface area contributed by atoms with Gasteiger partial charge in [0.25, 0.3) is 0 Å². The smallest absolute Gasteiger partial charge is 0.231 e. The second kappa shape index (κ2) is 4.96. The van der Waals surface area contributed by atoms with Crippen LogP contribution >= 0.6 is 12.4 Å². The van der Waals surface area contributed by atoms with Crippen molar-refractivity contribution >= 4 is 24.4 Å². The van der Waals surface area contributed by atoms with Gasteiger partial charge in [-0.2, -0.15) is 0 Å². The second-order valence-corrected chi connectivity index (χ2v) is 3.31. The topological polar surface area (TPSA) is 55.1 Å². The van der Waals surface area contributed by atoms with Crippen LogP contribution in [0, 0.1) is 0 Å². The summed E-state index contributed by atoms with van der Waals surface area (Å²) in [6.45, 7) is 0.212. The third-order valence-electron chi connectivity index (χ3n) is 2.30. The van der Waals surface area contributed by atoms with Crippen molar-refractivity contribution < 1.29 is 4.79 Å². The lowest BCUT2D eigenvalue weighted by Gasteiger charge is -2.11. The van der Waals surface area contributed by atoms with Gasteiger partial charge in [0.15, 0.2) is 0 Å². The van der Waals surface area contributed by atoms with Gasteiger partial charge in [0.2, 0.25) is 5.91 Å². The lowest BCUT2D eigenvalue weighted by molar-refractivity contribution is -0.117. The van der Waals surface area contributed by atoms with Crippen molar-refractivity contribution in [3.63, 3.8) is 0 Å². The van der Waals surface area contributed by atoms with E-state index in [0.717, 1.165) is 0 Å². The Kier molecular flexibility index (Phi) is 3.88. The number of carbonyl (C=O) groups is 1. The van der Waals surface area contributed by atoms with Crippen LogP contribution in [0.1, 0.15) is 17.2 Å². The molecule has 1 atom stereocenters. The van der Waals surface area contributed by atoms with Crippen LogP contribution in [0.4, 0.5) is 0 Å². The van der Waals surface area contributed by atoms with Crippen molar-refractivity contribution in [1.82, 2.24) is 5.32 Å². The Morgan fingerprint density at radius 1 is 1.40 bits per heavy atom. The maximum absolute atomic E-state index is 10.6. The SMILES string of the molecule is Cl.NC(=O)CNC1C=Cc2ccccc21. The number of hydrogen-bond acceptors (Lipinski definition) is 2. The van der Waals surface area contributed by atoms with Gasteiger partial charge in [-0.1, -0.05) is 36.4 Å². The summed E-state index contributed by atoms with van der Waals surface area (Å²) >= 11 is 0. The molecule has 15 heavy (non-hydrogen) atoms. The van der Waals surface area contributed by atoms with Gasteiger partial charge in [0.05, 0.1) is 12.6 Å². The van der Waals surface area contributed by atoms with Gasteiger partial charge in [0, 0.05) is 0 Å². The van der Waals surface area contributed by atoms with Gasteiger partial charge in [0.1, 0.15) is 0 Å². The lowest BCUT2D eigenvalue weighted by Crippen LogP contribution is -2.30. The molecule has 1 unspecified atom stereocenters. The van der Waals surface area contributed by atoms with E-state index in [0.29, 0.717) is 0 Å². The highest BCUT2D eigenvalue weighted by molar-refractivity contribution is 5.85. The summed E-state index contributed by atoms with van der Waals surface area (Å²) in [5.74, 6) is -0.331. The summed E-state index contributed by atoms with van der Waals surface area (Å²) in [6.07, 6.45) is 4.08. The molecule has 0 aliphatic heterocycles. The number of nitrogens with two attached hydrogens (primary N) is 1. The van der Waals surface area contributed by atoms with Crippen molar-refractivity contribution in [2.24, 2.45) is 5.73 Å². The molecular formula is C11H13ClN2O. The molecule has 0 aromatic heterocycles. The van der Waals surface area contributed by atoms with Crippen molar-refractivity contribution in [2.75, 3.05) is 6.54 Å². The molecule has 0 bridgehead atoms. The van der Waals surface area contributed by atoms with Gasteiger partial charge in [-0.3, -0.25) is 10.1 Å². The van der Waals surface area contributed by atoms with Crippen LogP contribution in [0.2, 0.25) is 0 Å². The number of carbonyl (C=O) groups excluding carboxylic acids is 1. The number of amides is 1. The number of primary amides is 1. The van der Waals surface area contributed by atoms with E-state index >= 15 is 0 Å². The third kappa shape index (κ3) is 2.58. The molecule has 0 heterocycles. The molecule has 0 spiro atoms. The van der Waals surface area contributed by atoms with Crippen molar-refractivity contribution in [1.29, 1.82) is 0 Å². The predicted octanol–water partition coefficient (Wildman–Crippen LogP) is 1.25. The van der Waals surface area contributed by atoms with Crippen LogP contribution in [0.15, 0.2) is 30.3 Å². The molecule has 3 N–H and O–H groups in total. The third-order valence-corrected chi connectivity index (χ3v) is 2.30. The van der Waals surface area contributed by atoms with E-state index < -0.39 is 0 Å². The number of hydrogen-bond donors (Lipinski definition) is 2. The van der Waals surface area contributed by atoms with Crippen LogP contribution in [-0.4, -0.2) is 12.5 Å². The summed E-state index contributed by atoms with van der Waals surface area (Å²) in [5.41, 5.74) is 7.47. The Balaban J connectivity index is 0.00000112. The zero-order chi connectivity index (χ0) is 9.97. The van der Waals surface area contributed by atoms with Crippen LogP contribution < -0.4 is 11.1 Å². The van der Waals surface area contributed by atoms with Gasteiger partial charge in [-0.05, 0) is 11.1 Å². The fourth-order valence-corrected chi connectivity index (χ4v) is 1.64. The molecular weight excluding hydrogens is 212 g/mol. The standard InChI is InChI=1S/C11H12N2O.ClH/c12-11(14)7-13-10-6-5-8-3-1-2-4-9(8)10;/h1-6,10,13H,7H2,(H2,12,14);1H. The maximum Gasteiger partial charge on any atom is 0.231 e. The van der Waals surface area contributed by atoms with Crippen LogP contribution in [0.3, 0.4) is 0 Å². The summed E-state index contributed by atoms with van der Waals surface area (Å²) in [7, 11) is 0. The number of benzene rings is 1. The Bertz CT molecular complexity index is 390. The largest absolute Gasteiger partial charge is 0.369 e. The molecule has 0 radical (unpaired) electrons. The minimum Gasteiger partial charge on any atom is -0.369 e. The molecule has 1 amide bonds. The quantitative estimate of drug-likeness (QED) is 0.812. The number of nitrogens with one attached hydrogen (secondary N) is 1. The van der Waals surface area contributed by atoms with E-state index in [4.69, 9.17) is 5.73 Å². The van der Waals surface area contributed by atoms with Gasteiger partial charge in [-0.25, -0.2) is 0 Å². The fourth-order valence-electron chi connectivity index (χ4n) is 1.64. The molecule has 0 saturated carbocycles. The minimum absolute atomic E-state index is 0. The molecule has 3 nitrogen and oxygen atoms in total. The zero-order valence-corrected chi connectivity index (χ0v) is 8.96. The first-order valence-corrected chi connectivity index (χ1v) is 4.56. The molecule has 1 aliphatic carbocycles. The number of halogens is 1. The summed E-state index contributed by atoms with van der Waals surface area (Å²) in [4.78, 5) is 10.6. The zero-order valence-electron chi connectivity index (χ0n) is 8.14. The lowest BCUT2D eigenvalue weighted by atomic mass is 10.1. The maximum atomic E-state index is 10.6. The van der Waals surface area contributed by atoms with Crippen LogP contribution in [0.25, 0.3) is 6.08 Å². The van der Waals surface area contributed by atoms with E-state index in [1.165, 1.54) is 11.1 Å².